The van der Waals surface area contributed by atoms with Crippen molar-refractivity contribution in [2.75, 3.05) is 11.4 Å². The number of aromatic nitrogens is 1. The van der Waals surface area contributed by atoms with Gasteiger partial charge in [-0.05, 0) is 37.0 Å². The largest absolute Gasteiger partial charge is 0.506 e. The number of hydrogen-bond donors (Lipinski definition) is 1. The van der Waals surface area contributed by atoms with E-state index >= 15 is 0 Å². The van der Waals surface area contributed by atoms with Crippen LogP contribution in [0.5, 0.6) is 5.75 Å². The minimum absolute atomic E-state index is 0.0108. The van der Waals surface area contributed by atoms with E-state index in [2.05, 4.69) is 4.98 Å². The van der Waals surface area contributed by atoms with Gasteiger partial charge in [0, 0.05) is 31.1 Å². The molecule has 2 aromatic rings. The first kappa shape index (κ1) is 14.3. The van der Waals surface area contributed by atoms with Gasteiger partial charge in [-0.2, -0.15) is 0 Å². The maximum Gasteiger partial charge on any atom is 0.271 e. The molecule has 1 aliphatic heterocycles. The maximum absolute atomic E-state index is 11.0. The molecule has 6 nitrogen and oxygen atoms in total. The van der Waals surface area contributed by atoms with E-state index in [1.165, 1.54) is 18.2 Å². The van der Waals surface area contributed by atoms with Crippen LogP contribution in [0.2, 0.25) is 0 Å². The van der Waals surface area contributed by atoms with Crippen molar-refractivity contribution in [1.29, 1.82) is 0 Å². The maximum atomic E-state index is 11.0. The minimum atomic E-state index is -0.439. The minimum Gasteiger partial charge on any atom is -0.506 e. The molecule has 6 heteroatoms. The first-order valence-corrected chi connectivity index (χ1v) is 7.31. The fourth-order valence-corrected chi connectivity index (χ4v) is 2.99. The number of pyridine rings is 1. The number of non-ortho nitro benzene ring substituents is 1. The molecule has 114 valence electrons. The molecule has 0 amide bonds. The van der Waals surface area contributed by atoms with Crippen molar-refractivity contribution in [3.05, 3.63) is 58.4 Å². The molecule has 22 heavy (non-hydrogen) atoms. The van der Waals surface area contributed by atoms with Crippen molar-refractivity contribution in [2.45, 2.75) is 25.3 Å². The van der Waals surface area contributed by atoms with Gasteiger partial charge in [0.05, 0.1) is 16.7 Å². The number of aromatic hydroxyl groups is 1. The number of rotatable bonds is 3. The second-order valence-electron chi connectivity index (χ2n) is 5.42. The highest BCUT2D eigenvalue weighted by molar-refractivity contribution is 5.63. The average molecular weight is 299 g/mol. The summed E-state index contributed by atoms with van der Waals surface area (Å²) in [4.78, 5) is 16.8. The number of anilines is 1. The molecule has 3 rings (SSSR count). The molecule has 1 aromatic carbocycles. The van der Waals surface area contributed by atoms with E-state index in [9.17, 15) is 15.2 Å². The van der Waals surface area contributed by atoms with Crippen LogP contribution in [0.15, 0.2) is 42.7 Å². The van der Waals surface area contributed by atoms with Gasteiger partial charge in [-0.3, -0.25) is 15.1 Å². The number of hydrogen-bond acceptors (Lipinski definition) is 5. The Balaban J connectivity index is 2.01. The average Bonchev–Trinajstić information content (AvgIpc) is 2.56. The van der Waals surface area contributed by atoms with Gasteiger partial charge in [0.25, 0.3) is 5.69 Å². The summed E-state index contributed by atoms with van der Waals surface area (Å²) in [7, 11) is 0. The predicted molar refractivity (Wildman–Crippen MR) is 82.9 cm³/mol. The Hall–Kier alpha value is -2.63. The number of nitro benzene ring substituents is 1. The summed E-state index contributed by atoms with van der Waals surface area (Å²) in [5.74, 6) is 0.0707. The molecule has 0 spiro atoms. The van der Waals surface area contributed by atoms with Crippen LogP contribution in [-0.4, -0.2) is 21.6 Å². The molecule has 0 bridgehead atoms. The molecule has 1 fully saturated rings. The van der Waals surface area contributed by atoms with Gasteiger partial charge in [0.15, 0.2) is 0 Å². The fraction of sp³-hybridized carbons (Fsp3) is 0.312. The Morgan fingerprint density at radius 3 is 2.91 bits per heavy atom. The molecule has 1 N–H and O–H groups in total. The zero-order chi connectivity index (χ0) is 15.5. The number of nitrogens with zero attached hydrogens (tertiary/aromatic N) is 3. The van der Waals surface area contributed by atoms with E-state index in [-0.39, 0.29) is 17.5 Å². The van der Waals surface area contributed by atoms with Crippen LogP contribution >= 0.6 is 0 Å². The van der Waals surface area contributed by atoms with E-state index in [1.54, 1.807) is 6.20 Å². The lowest BCUT2D eigenvalue weighted by Crippen LogP contribution is -2.33. The van der Waals surface area contributed by atoms with E-state index in [1.807, 2.05) is 23.2 Å². The Morgan fingerprint density at radius 1 is 1.32 bits per heavy atom. The van der Waals surface area contributed by atoms with Crippen LogP contribution in [-0.2, 0) is 0 Å². The van der Waals surface area contributed by atoms with E-state index in [0.29, 0.717) is 5.69 Å². The molecule has 0 radical (unpaired) electrons. The molecule has 1 saturated heterocycles. The first-order valence-electron chi connectivity index (χ1n) is 7.31. The molecule has 1 aromatic heterocycles. The Bertz CT molecular complexity index is 676. The summed E-state index contributed by atoms with van der Waals surface area (Å²) in [6, 6.07) is 8.13. The van der Waals surface area contributed by atoms with Crippen LogP contribution in [0.3, 0.4) is 0 Å². The van der Waals surface area contributed by atoms with Crippen LogP contribution < -0.4 is 4.90 Å². The summed E-state index contributed by atoms with van der Waals surface area (Å²) < 4.78 is 0. The summed E-state index contributed by atoms with van der Waals surface area (Å²) >= 11 is 0. The van der Waals surface area contributed by atoms with Crippen molar-refractivity contribution >= 4 is 11.4 Å². The lowest BCUT2D eigenvalue weighted by atomic mass is 9.95. The van der Waals surface area contributed by atoms with E-state index in [4.69, 9.17) is 0 Å². The lowest BCUT2D eigenvalue weighted by Gasteiger charge is -2.37. The third-order valence-corrected chi connectivity index (χ3v) is 4.05. The van der Waals surface area contributed by atoms with Crippen molar-refractivity contribution in [3.63, 3.8) is 0 Å². The monoisotopic (exact) mass is 299 g/mol. The Kier molecular flexibility index (Phi) is 3.91. The predicted octanol–water partition coefficient (Wildman–Crippen LogP) is 3.43. The molecule has 1 aliphatic rings. The molecule has 0 unspecified atom stereocenters. The van der Waals surface area contributed by atoms with Crippen molar-refractivity contribution in [2.24, 2.45) is 0 Å². The van der Waals surface area contributed by atoms with Gasteiger partial charge < -0.3 is 10.0 Å². The zero-order valence-electron chi connectivity index (χ0n) is 12.1. The van der Waals surface area contributed by atoms with Crippen molar-refractivity contribution < 1.29 is 10.0 Å². The second kappa shape index (κ2) is 6.01. The third kappa shape index (κ3) is 2.72. The summed E-state index contributed by atoms with van der Waals surface area (Å²) in [5.41, 5.74) is 1.57. The topological polar surface area (TPSA) is 79.5 Å². The highest BCUT2D eigenvalue weighted by atomic mass is 16.6. The second-order valence-corrected chi connectivity index (χ2v) is 5.42. The van der Waals surface area contributed by atoms with Gasteiger partial charge in [0.1, 0.15) is 5.75 Å². The van der Waals surface area contributed by atoms with E-state index < -0.39 is 4.92 Å². The van der Waals surface area contributed by atoms with Gasteiger partial charge in [-0.1, -0.05) is 6.07 Å². The molecule has 1 atom stereocenters. The number of phenolic OH excluding ortho intramolecular Hbond substituents is 1. The van der Waals surface area contributed by atoms with E-state index in [0.717, 1.165) is 31.4 Å². The van der Waals surface area contributed by atoms with Gasteiger partial charge in [0.2, 0.25) is 0 Å². The number of piperidine rings is 1. The normalized spacial score (nSPS) is 18.2. The van der Waals surface area contributed by atoms with Crippen LogP contribution in [0.25, 0.3) is 0 Å². The molecular weight excluding hydrogens is 282 g/mol. The van der Waals surface area contributed by atoms with Crippen molar-refractivity contribution in [3.8, 4) is 5.75 Å². The molecule has 2 heterocycles. The van der Waals surface area contributed by atoms with Crippen molar-refractivity contribution in [1.82, 2.24) is 4.98 Å². The van der Waals surface area contributed by atoms with Gasteiger partial charge >= 0.3 is 0 Å². The summed E-state index contributed by atoms with van der Waals surface area (Å²) in [6.45, 7) is 0.758. The standard InChI is InChI=1S/C16H17N3O3/c20-16-7-6-13(19(21)22)10-15(16)18-9-2-1-5-14(18)12-4-3-8-17-11-12/h3-4,6-8,10-11,14,20H,1-2,5,9H2/t14-/m0/s1. The zero-order valence-corrected chi connectivity index (χ0v) is 12.1. The van der Waals surface area contributed by atoms with Crippen LogP contribution in [0, 0.1) is 10.1 Å². The highest BCUT2D eigenvalue weighted by Crippen LogP contribution is 2.40. The first-order chi connectivity index (χ1) is 10.7. The molecular formula is C16H17N3O3. The third-order valence-electron chi connectivity index (χ3n) is 4.05. The van der Waals surface area contributed by atoms with Crippen LogP contribution in [0.1, 0.15) is 30.9 Å². The Labute approximate surface area is 128 Å². The smallest absolute Gasteiger partial charge is 0.271 e. The molecule has 0 saturated carbocycles. The number of phenols is 1. The van der Waals surface area contributed by atoms with Gasteiger partial charge in [-0.15, -0.1) is 0 Å². The Morgan fingerprint density at radius 2 is 2.18 bits per heavy atom. The SMILES string of the molecule is O=[N+]([O-])c1ccc(O)c(N2CCCC[C@H]2c2cccnc2)c1. The van der Waals surface area contributed by atoms with Gasteiger partial charge in [-0.25, -0.2) is 0 Å². The highest BCUT2D eigenvalue weighted by Gasteiger charge is 2.27. The van der Waals surface area contributed by atoms with Crippen LogP contribution in [0.4, 0.5) is 11.4 Å². The number of nitro groups is 1. The lowest BCUT2D eigenvalue weighted by molar-refractivity contribution is -0.384. The summed E-state index contributed by atoms with van der Waals surface area (Å²) in [6.07, 6.45) is 6.57. The quantitative estimate of drug-likeness (QED) is 0.694. The molecule has 0 aliphatic carbocycles. The summed E-state index contributed by atoms with van der Waals surface area (Å²) in [5, 5.41) is 21.1. The number of benzene rings is 1. The fourth-order valence-electron chi connectivity index (χ4n) is 2.99.